The van der Waals surface area contributed by atoms with Gasteiger partial charge < -0.3 is 30.3 Å². The van der Waals surface area contributed by atoms with E-state index in [0.717, 1.165) is 5.56 Å². The molecule has 0 aliphatic rings. The topological polar surface area (TPSA) is 151 Å². The van der Waals surface area contributed by atoms with Gasteiger partial charge >= 0.3 is 18.0 Å². The van der Waals surface area contributed by atoms with Gasteiger partial charge in [0.2, 0.25) is 5.91 Å². The van der Waals surface area contributed by atoms with Crippen molar-refractivity contribution in [1.82, 2.24) is 10.6 Å². The predicted octanol–water partition coefficient (Wildman–Crippen LogP) is -0.204. The van der Waals surface area contributed by atoms with Gasteiger partial charge in [0.25, 0.3) is 0 Å². The van der Waals surface area contributed by atoms with Gasteiger partial charge in [-0.2, -0.15) is 0 Å². The molecule has 0 saturated carbocycles. The first kappa shape index (κ1) is 21.9. The fourth-order valence-corrected chi connectivity index (χ4v) is 1.96. The molecule has 148 valence electrons. The van der Waals surface area contributed by atoms with Crippen molar-refractivity contribution in [2.45, 2.75) is 32.0 Å². The van der Waals surface area contributed by atoms with Crippen molar-refractivity contribution >= 4 is 23.9 Å². The van der Waals surface area contributed by atoms with Crippen molar-refractivity contribution in [2.75, 3.05) is 13.2 Å². The number of alkyl carbamates (subject to hydrolysis) is 1. The van der Waals surface area contributed by atoms with Crippen LogP contribution in [-0.4, -0.2) is 59.4 Å². The molecule has 2 amide bonds. The summed E-state index contributed by atoms with van der Waals surface area (Å²) in [5.41, 5.74) is 0.720. The minimum atomic E-state index is -1.56. The number of aliphatic carboxylic acids is 1. The van der Waals surface area contributed by atoms with Crippen LogP contribution in [0.5, 0.6) is 0 Å². The number of amides is 2. The van der Waals surface area contributed by atoms with E-state index in [2.05, 4.69) is 15.4 Å². The van der Waals surface area contributed by atoms with Gasteiger partial charge in [0.1, 0.15) is 18.7 Å². The number of ether oxygens (including phenoxy) is 2. The van der Waals surface area contributed by atoms with E-state index in [1.54, 1.807) is 37.3 Å². The Kier molecular flexibility index (Phi) is 9.30. The van der Waals surface area contributed by atoms with Gasteiger partial charge in [0.15, 0.2) is 0 Å². The number of carbonyl (C=O) groups excluding carboxylic acids is 3. The molecule has 2 atom stereocenters. The maximum atomic E-state index is 12.1. The van der Waals surface area contributed by atoms with Crippen molar-refractivity contribution in [3.05, 3.63) is 35.9 Å². The molecule has 1 rings (SSSR count). The number of rotatable bonds is 10. The Labute approximate surface area is 155 Å². The summed E-state index contributed by atoms with van der Waals surface area (Å²) in [6.45, 7) is 0.775. The van der Waals surface area contributed by atoms with E-state index >= 15 is 0 Å². The zero-order valence-electron chi connectivity index (χ0n) is 14.7. The SMILES string of the molecule is CCOC(=O)C[C@H](NC(=O)[C@H](CO)NC(=O)OCc1ccccc1)C(=O)O. The molecule has 4 N–H and O–H groups in total. The molecule has 0 radical (unpaired) electrons. The van der Waals surface area contributed by atoms with E-state index in [1.807, 2.05) is 0 Å². The lowest BCUT2D eigenvalue weighted by atomic mass is 10.2. The van der Waals surface area contributed by atoms with Crippen LogP contribution in [0, 0.1) is 0 Å². The molecule has 0 aliphatic carbocycles. The normalized spacial score (nSPS) is 12.4. The number of aliphatic hydroxyl groups excluding tert-OH is 1. The van der Waals surface area contributed by atoms with Gasteiger partial charge in [0.05, 0.1) is 19.6 Å². The van der Waals surface area contributed by atoms with Gasteiger partial charge in [0, 0.05) is 0 Å². The van der Waals surface area contributed by atoms with Gasteiger partial charge in [-0.3, -0.25) is 9.59 Å². The zero-order valence-corrected chi connectivity index (χ0v) is 14.7. The van der Waals surface area contributed by atoms with Gasteiger partial charge in [-0.15, -0.1) is 0 Å². The molecule has 1 aromatic carbocycles. The zero-order chi connectivity index (χ0) is 20.2. The Morgan fingerprint density at radius 3 is 2.26 bits per heavy atom. The minimum absolute atomic E-state index is 0.0486. The lowest BCUT2D eigenvalue weighted by Gasteiger charge is -2.19. The van der Waals surface area contributed by atoms with Crippen LogP contribution in [0.4, 0.5) is 4.79 Å². The number of carbonyl (C=O) groups is 4. The molecule has 0 bridgehead atoms. The molecule has 10 nitrogen and oxygen atoms in total. The lowest BCUT2D eigenvalue weighted by Crippen LogP contribution is -2.53. The van der Waals surface area contributed by atoms with Crippen LogP contribution in [0.3, 0.4) is 0 Å². The lowest BCUT2D eigenvalue weighted by molar-refractivity contribution is -0.150. The van der Waals surface area contributed by atoms with Crippen LogP contribution in [0.2, 0.25) is 0 Å². The van der Waals surface area contributed by atoms with Gasteiger partial charge in [-0.1, -0.05) is 30.3 Å². The Hall–Kier alpha value is -3.14. The van der Waals surface area contributed by atoms with Crippen molar-refractivity contribution in [3.8, 4) is 0 Å². The van der Waals surface area contributed by atoms with Crippen molar-refractivity contribution in [2.24, 2.45) is 0 Å². The van der Waals surface area contributed by atoms with Gasteiger partial charge in [-0.05, 0) is 12.5 Å². The fraction of sp³-hybridized carbons (Fsp3) is 0.412. The largest absolute Gasteiger partial charge is 0.480 e. The average molecular weight is 382 g/mol. The fourth-order valence-electron chi connectivity index (χ4n) is 1.96. The highest BCUT2D eigenvalue weighted by Gasteiger charge is 2.28. The van der Waals surface area contributed by atoms with Crippen molar-refractivity contribution in [1.29, 1.82) is 0 Å². The van der Waals surface area contributed by atoms with Crippen LogP contribution in [-0.2, 0) is 30.5 Å². The molecule has 10 heteroatoms. The Balaban J connectivity index is 2.56. The summed E-state index contributed by atoms with van der Waals surface area (Å²) < 4.78 is 9.56. The molecule has 0 aromatic heterocycles. The molecule has 27 heavy (non-hydrogen) atoms. The molecule has 0 heterocycles. The first-order valence-corrected chi connectivity index (χ1v) is 8.14. The molecule has 0 aliphatic heterocycles. The maximum Gasteiger partial charge on any atom is 0.408 e. The summed E-state index contributed by atoms with van der Waals surface area (Å²) in [7, 11) is 0. The molecular formula is C17H22N2O8. The summed E-state index contributed by atoms with van der Waals surface area (Å²) in [6, 6.07) is 5.77. The summed E-state index contributed by atoms with van der Waals surface area (Å²) in [5, 5.41) is 22.6. The highest BCUT2D eigenvalue weighted by molar-refractivity contribution is 5.91. The standard InChI is InChI=1S/C17H22N2O8/c1-2-26-14(21)8-12(16(23)24)18-15(22)13(9-20)19-17(25)27-10-11-6-4-3-5-7-11/h3-7,12-13,20H,2,8-10H2,1H3,(H,18,22)(H,19,25)(H,23,24)/t12-,13-/m0/s1. The minimum Gasteiger partial charge on any atom is -0.480 e. The average Bonchev–Trinajstić information content (AvgIpc) is 2.64. The Bertz CT molecular complexity index is 650. The molecule has 0 saturated heterocycles. The summed E-state index contributed by atoms with van der Waals surface area (Å²) in [5.74, 6) is -3.24. The molecule has 1 aromatic rings. The number of carboxylic acids is 1. The van der Waals surface area contributed by atoms with Crippen LogP contribution >= 0.6 is 0 Å². The highest BCUT2D eigenvalue weighted by atomic mass is 16.5. The number of hydrogen-bond acceptors (Lipinski definition) is 7. The summed E-state index contributed by atoms with van der Waals surface area (Å²) in [6.07, 6.45) is -1.56. The van der Waals surface area contributed by atoms with Crippen molar-refractivity contribution in [3.63, 3.8) is 0 Å². The van der Waals surface area contributed by atoms with E-state index in [0.29, 0.717) is 0 Å². The molecule has 0 unspecified atom stereocenters. The second-order valence-electron chi connectivity index (χ2n) is 5.35. The van der Waals surface area contributed by atoms with Crippen LogP contribution in [0.1, 0.15) is 18.9 Å². The monoisotopic (exact) mass is 382 g/mol. The Morgan fingerprint density at radius 2 is 1.70 bits per heavy atom. The van der Waals surface area contributed by atoms with Crippen LogP contribution in [0.25, 0.3) is 0 Å². The second-order valence-corrected chi connectivity index (χ2v) is 5.35. The van der Waals surface area contributed by atoms with Crippen LogP contribution in [0.15, 0.2) is 30.3 Å². The van der Waals surface area contributed by atoms with E-state index in [-0.39, 0.29) is 13.2 Å². The third-order valence-corrected chi connectivity index (χ3v) is 3.29. The molecule has 0 fully saturated rings. The number of hydrogen-bond donors (Lipinski definition) is 4. The first-order valence-electron chi connectivity index (χ1n) is 8.14. The van der Waals surface area contributed by atoms with E-state index in [4.69, 9.17) is 9.84 Å². The number of carboxylic acid groups (broad SMARTS) is 1. The highest BCUT2D eigenvalue weighted by Crippen LogP contribution is 2.01. The summed E-state index contributed by atoms with van der Waals surface area (Å²) >= 11 is 0. The number of aliphatic hydroxyl groups is 1. The number of esters is 1. The van der Waals surface area contributed by atoms with Crippen LogP contribution < -0.4 is 10.6 Å². The van der Waals surface area contributed by atoms with E-state index < -0.39 is 49.1 Å². The second kappa shape index (κ2) is 11.5. The molecule has 0 spiro atoms. The van der Waals surface area contributed by atoms with E-state index in [1.165, 1.54) is 0 Å². The van der Waals surface area contributed by atoms with E-state index in [9.17, 15) is 24.3 Å². The maximum absolute atomic E-state index is 12.1. The number of benzene rings is 1. The van der Waals surface area contributed by atoms with Gasteiger partial charge in [-0.25, -0.2) is 9.59 Å². The quantitative estimate of drug-likeness (QED) is 0.406. The predicted molar refractivity (Wildman–Crippen MR) is 91.5 cm³/mol. The first-order chi connectivity index (χ1) is 12.9. The Morgan fingerprint density at radius 1 is 1.04 bits per heavy atom. The molecular weight excluding hydrogens is 360 g/mol. The number of nitrogens with one attached hydrogen (secondary N) is 2. The summed E-state index contributed by atoms with van der Waals surface area (Å²) in [4.78, 5) is 46.4. The third-order valence-electron chi connectivity index (χ3n) is 3.29. The smallest absolute Gasteiger partial charge is 0.408 e. The third kappa shape index (κ3) is 8.19. The van der Waals surface area contributed by atoms with Crippen molar-refractivity contribution < 1.29 is 38.9 Å².